The number of aliphatic hydroxyl groups is 1. The highest BCUT2D eigenvalue weighted by Crippen LogP contribution is 2.43. The number of hydrogen-bond acceptors (Lipinski definition) is 6. The number of H-pyrrole nitrogens is 1. The Balaban J connectivity index is 1.34. The Hall–Kier alpha value is -3.79. The van der Waals surface area contributed by atoms with Gasteiger partial charge in [-0.25, -0.2) is 0 Å². The Morgan fingerprint density at radius 2 is 1.87 bits per heavy atom. The van der Waals surface area contributed by atoms with Crippen LogP contribution < -0.4 is 10.6 Å². The van der Waals surface area contributed by atoms with Gasteiger partial charge in [-0.1, -0.05) is 36.8 Å². The van der Waals surface area contributed by atoms with Crippen LogP contribution in [0, 0.1) is 17.8 Å². The molecule has 5 rings (SSSR count). The van der Waals surface area contributed by atoms with E-state index in [-0.39, 0.29) is 41.5 Å². The molecule has 3 aliphatic rings. The first-order chi connectivity index (χ1) is 18.4. The minimum Gasteiger partial charge on any atom is -0.389 e. The summed E-state index contributed by atoms with van der Waals surface area (Å²) in [5, 5.41) is 15.0. The monoisotopic (exact) mass is 520 g/mol. The zero-order valence-electron chi connectivity index (χ0n) is 21.0. The van der Waals surface area contributed by atoms with Gasteiger partial charge in [0.2, 0.25) is 11.8 Å². The highest BCUT2D eigenvalue weighted by Gasteiger charge is 2.50. The maximum atomic E-state index is 13.6. The zero-order chi connectivity index (χ0) is 26.8. The number of aromatic nitrogens is 1. The number of rotatable bonds is 9. The van der Waals surface area contributed by atoms with Gasteiger partial charge in [-0.05, 0) is 43.6 Å². The Kier molecular flexibility index (Phi) is 7.42. The number of nitrogens with one attached hydrogen (secondary N) is 3. The van der Waals surface area contributed by atoms with Gasteiger partial charge in [0.15, 0.2) is 11.6 Å². The predicted molar refractivity (Wildman–Crippen MR) is 136 cm³/mol. The summed E-state index contributed by atoms with van der Waals surface area (Å²) in [5.74, 6) is -2.08. The molecule has 2 saturated heterocycles. The van der Waals surface area contributed by atoms with E-state index in [9.17, 15) is 29.1 Å². The van der Waals surface area contributed by atoms with Crippen molar-refractivity contribution in [1.82, 2.24) is 20.5 Å². The second-order valence-electron chi connectivity index (χ2n) is 10.5. The SMILES string of the molecule is O=C(c1ccccc1)c1c[nH]c(C(=O)N2CC3CCCC3C2C(=O)NC(CC2CCNC2=O)C(=O)CO)c1. The van der Waals surface area contributed by atoms with Crippen LogP contribution in [0.4, 0.5) is 0 Å². The quantitative estimate of drug-likeness (QED) is 0.363. The van der Waals surface area contributed by atoms with Crippen molar-refractivity contribution in [3.8, 4) is 0 Å². The molecule has 0 spiro atoms. The Morgan fingerprint density at radius 1 is 1.08 bits per heavy atom. The Labute approximate surface area is 220 Å². The topological polar surface area (TPSA) is 149 Å². The number of fused-ring (bicyclic) bond motifs is 1. The fourth-order valence-corrected chi connectivity index (χ4v) is 6.20. The van der Waals surface area contributed by atoms with E-state index in [2.05, 4.69) is 15.6 Å². The van der Waals surface area contributed by atoms with E-state index in [1.807, 2.05) is 6.07 Å². The summed E-state index contributed by atoms with van der Waals surface area (Å²) < 4.78 is 0. The number of ketones is 2. The number of benzene rings is 1. The number of aromatic amines is 1. The molecule has 1 aliphatic carbocycles. The van der Waals surface area contributed by atoms with Gasteiger partial charge in [-0.2, -0.15) is 0 Å². The van der Waals surface area contributed by atoms with Gasteiger partial charge in [0.05, 0.1) is 6.04 Å². The van der Waals surface area contributed by atoms with Gasteiger partial charge in [-0.3, -0.25) is 24.0 Å². The first kappa shape index (κ1) is 25.8. The fourth-order valence-electron chi connectivity index (χ4n) is 6.20. The number of aliphatic hydroxyl groups excluding tert-OH is 1. The van der Waals surface area contributed by atoms with Gasteiger partial charge in [0, 0.05) is 36.3 Å². The Bertz CT molecular complexity index is 1240. The largest absolute Gasteiger partial charge is 0.389 e. The number of nitrogens with zero attached hydrogens (tertiary/aromatic N) is 1. The molecule has 10 heteroatoms. The van der Waals surface area contributed by atoms with Crippen LogP contribution in [-0.2, 0) is 14.4 Å². The summed E-state index contributed by atoms with van der Waals surface area (Å²) in [6.45, 7) is 0.169. The Morgan fingerprint density at radius 3 is 2.58 bits per heavy atom. The molecule has 2 aliphatic heterocycles. The van der Waals surface area contributed by atoms with E-state index in [4.69, 9.17) is 0 Å². The third kappa shape index (κ3) is 5.00. The zero-order valence-corrected chi connectivity index (χ0v) is 21.0. The number of carbonyl (C=O) groups is 5. The molecule has 38 heavy (non-hydrogen) atoms. The summed E-state index contributed by atoms with van der Waals surface area (Å²) in [7, 11) is 0. The summed E-state index contributed by atoms with van der Waals surface area (Å²) in [6.07, 6.45) is 4.81. The number of hydrogen-bond donors (Lipinski definition) is 4. The molecular formula is C28H32N4O6. The molecule has 1 saturated carbocycles. The number of carbonyl (C=O) groups excluding carboxylic acids is 5. The summed E-state index contributed by atoms with van der Waals surface area (Å²) in [6, 6.07) is 8.49. The van der Waals surface area contributed by atoms with Gasteiger partial charge < -0.3 is 25.6 Å². The normalized spacial score (nSPS) is 25.1. The van der Waals surface area contributed by atoms with E-state index >= 15 is 0 Å². The third-order valence-corrected chi connectivity index (χ3v) is 8.18. The van der Waals surface area contributed by atoms with E-state index in [1.165, 1.54) is 17.2 Å². The minimum atomic E-state index is -1.01. The van der Waals surface area contributed by atoms with Crippen LogP contribution in [0.15, 0.2) is 42.6 Å². The highest BCUT2D eigenvalue weighted by atomic mass is 16.3. The summed E-state index contributed by atoms with van der Waals surface area (Å²) >= 11 is 0. The van der Waals surface area contributed by atoms with E-state index in [1.54, 1.807) is 24.3 Å². The van der Waals surface area contributed by atoms with Crippen LogP contribution in [0.2, 0.25) is 0 Å². The first-order valence-electron chi connectivity index (χ1n) is 13.2. The van der Waals surface area contributed by atoms with Crippen LogP contribution in [0.5, 0.6) is 0 Å². The van der Waals surface area contributed by atoms with Crippen LogP contribution in [-0.4, -0.2) is 76.1 Å². The minimum absolute atomic E-state index is 0.0426. The van der Waals surface area contributed by atoms with Crippen molar-refractivity contribution in [1.29, 1.82) is 0 Å². The lowest BCUT2D eigenvalue weighted by atomic mass is 9.92. The van der Waals surface area contributed by atoms with Crippen molar-refractivity contribution in [3.63, 3.8) is 0 Å². The molecular weight excluding hydrogens is 488 g/mol. The maximum absolute atomic E-state index is 13.6. The van der Waals surface area contributed by atoms with Crippen molar-refractivity contribution < 1.29 is 29.1 Å². The maximum Gasteiger partial charge on any atom is 0.270 e. The van der Waals surface area contributed by atoms with Gasteiger partial charge >= 0.3 is 0 Å². The van der Waals surface area contributed by atoms with Crippen LogP contribution in [0.25, 0.3) is 0 Å². The lowest BCUT2D eigenvalue weighted by molar-refractivity contribution is -0.133. The predicted octanol–water partition coefficient (Wildman–Crippen LogP) is 1.06. The van der Waals surface area contributed by atoms with Crippen molar-refractivity contribution in [2.75, 3.05) is 19.7 Å². The smallest absolute Gasteiger partial charge is 0.270 e. The molecule has 3 heterocycles. The second-order valence-corrected chi connectivity index (χ2v) is 10.5. The lowest BCUT2D eigenvalue weighted by Crippen LogP contribution is -2.53. The molecule has 0 bridgehead atoms. The van der Waals surface area contributed by atoms with Crippen molar-refractivity contribution in [2.45, 2.75) is 44.2 Å². The number of likely N-dealkylation sites (tertiary alicyclic amines) is 1. The molecule has 1 aromatic heterocycles. The molecule has 3 fully saturated rings. The summed E-state index contributed by atoms with van der Waals surface area (Å²) in [4.78, 5) is 69.1. The molecule has 200 valence electrons. The van der Waals surface area contributed by atoms with Crippen molar-refractivity contribution in [3.05, 3.63) is 59.4 Å². The first-order valence-corrected chi connectivity index (χ1v) is 13.2. The lowest BCUT2D eigenvalue weighted by Gasteiger charge is -2.29. The van der Waals surface area contributed by atoms with Crippen molar-refractivity contribution >= 4 is 29.3 Å². The standard InChI is InChI=1S/C28H32N4O6/c33-15-23(34)21(11-17-9-10-29-26(17)36)31-27(37)24-20-8-4-7-18(20)14-32(24)28(38)22-12-19(13-30-22)25(35)16-5-2-1-3-6-16/h1-3,5-6,12-13,17-18,20-21,24,30,33H,4,7-11,14-15H2,(H,29,36)(H,31,37). The molecule has 1 aromatic carbocycles. The van der Waals surface area contributed by atoms with E-state index in [0.717, 1.165) is 19.3 Å². The molecule has 4 N–H and O–H groups in total. The van der Waals surface area contributed by atoms with Gasteiger partial charge in [0.1, 0.15) is 18.3 Å². The van der Waals surface area contributed by atoms with Gasteiger partial charge in [-0.15, -0.1) is 0 Å². The van der Waals surface area contributed by atoms with Crippen LogP contribution >= 0.6 is 0 Å². The second kappa shape index (κ2) is 10.9. The number of Topliss-reactive ketones (excluding diaryl/α,β-unsaturated/α-hetero) is 1. The van der Waals surface area contributed by atoms with E-state index < -0.39 is 36.3 Å². The highest BCUT2D eigenvalue weighted by molar-refractivity contribution is 6.10. The van der Waals surface area contributed by atoms with Crippen molar-refractivity contribution in [2.24, 2.45) is 17.8 Å². The fraction of sp³-hybridized carbons (Fsp3) is 0.464. The molecule has 3 amide bonds. The third-order valence-electron chi connectivity index (χ3n) is 8.18. The van der Waals surface area contributed by atoms with Crippen LogP contribution in [0.1, 0.15) is 58.5 Å². The molecule has 0 radical (unpaired) electrons. The van der Waals surface area contributed by atoms with E-state index in [0.29, 0.717) is 30.6 Å². The average molecular weight is 521 g/mol. The van der Waals surface area contributed by atoms with Crippen LogP contribution in [0.3, 0.4) is 0 Å². The molecule has 10 nitrogen and oxygen atoms in total. The van der Waals surface area contributed by atoms with Gasteiger partial charge in [0.25, 0.3) is 5.91 Å². The summed E-state index contributed by atoms with van der Waals surface area (Å²) in [5.41, 5.74) is 1.07. The number of amides is 3. The molecule has 5 atom stereocenters. The molecule has 5 unspecified atom stereocenters. The molecule has 2 aromatic rings. The average Bonchev–Trinajstić information content (AvgIpc) is 3.72.